The highest BCUT2D eigenvalue weighted by Gasteiger charge is 1.89. The lowest BCUT2D eigenvalue weighted by Crippen LogP contribution is -2.20. The fourth-order valence-electron chi connectivity index (χ4n) is 0.602. The van der Waals surface area contributed by atoms with Crippen molar-refractivity contribution in [3.05, 3.63) is 6.42 Å². The average Bonchev–Trinajstić information content (AvgIpc) is 1.87. The normalized spacial score (nSPS) is 9.40. The molecule has 59 valence electrons. The number of unbranched alkanes of at least 4 members (excludes halogenated alkanes) is 2. The first-order valence-corrected chi connectivity index (χ1v) is 3.44. The topological polar surface area (TPSA) is 49.3 Å². The van der Waals surface area contributed by atoms with E-state index >= 15 is 0 Å². The highest BCUT2D eigenvalue weighted by Crippen LogP contribution is 1.89. The Morgan fingerprint density at radius 2 is 2.40 bits per heavy atom. The van der Waals surface area contributed by atoms with Crippen molar-refractivity contribution in [3.8, 4) is 0 Å². The molecule has 0 atom stereocenters. The van der Waals surface area contributed by atoms with Gasteiger partial charge in [0.25, 0.3) is 0 Å². The van der Waals surface area contributed by atoms with Crippen LogP contribution in [-0.4, -0.2) is 24.2 Å². The lowest BCUT2D eigenvalue weighted by Gasteiger charge is -1.99. The van der Waals surface area contributed by atoms with Gasteiger partial charge in [-0.3, -0.25) is 4.79 Å². The predicted molar refractivity (Wildman–Crippen MR) is 39.3 cm³/mol. The van der Waals surface area contributed by atoms with Crippen LogP contribution < -0.4 is 5.32 Å². The molecule has 0 saturated heterocycles. The second kappa shape index (κ2) is 6.55. The third-order valence-electron chi connectivity index (χ3n) is 1.09. The van der Waals surface area contributed by atoms with Gasteiger partial charge in [-0.05, 0) is 19.3 Å². The summed E-state index contributed by atoms with van der Waals surface area (Å²) in [6, 6.07) is 0. The van der Waals surface area contributed by atoms with Crippen LogP contribution in [0.3, 0.4) is 0 Å². The predicted octanol–water partition coefficient (Wildman–Crippen LogP) is 0.0993. The molecular formula is C7H14NO2. The van der Waals surface area contributed by atoms with Crippen molar-refractivity contribution in [1.82, 2.24) is 5.32 Å². The molecule has 0 spiro atoms. The molecule has 0 fully saturated rings. The maximum absolute atomic E-state index is 10.3. The minimum absolute atomic E-state index is 0.00370. The molecule has 3 heteroatoms. The van der Waals surface area contributed by atoms with Gasteiger partial charge in [0.15, 0.2) is 0 Å². The maximum atomic E-state index is 10.3. The summed E-state index contributed by atoms with van der Waals surface area (Å²) in [4.78, 5) is 10.3. The standard InChI is InChI=1S/C7H14NO2/c1-7(10)8-5-3-2-4-6-9/h4,9H,2-3,5-6H2,1H3,(H,8,10). The van der Waals surface area contributed by atoms with E-state index in [1.165, 1.54) is 6.92 Å². The van der Waals surface area contributed by atoms with Crippen molar-refractivity contribution in [3.63, 3.8) is 0 Å². The SMILES string of the molecule is CC(=O)NCCC[CH]CO. The summed E-state index contributed by atoms with van der Waals surface area (Å²) in [5, 5.41) is 11.0. The summed E-state index contributed by atoms with van der Waals surface area (Å²) in [6.45, 7) is 2.32. The van der Waals surface area contributed by atoms with Gasteiger partial charge >= 0.3 is 0 Å². The van der Waals surface area contributed by atoms with E-state index in [-0.39, 0.29) is 12.5 Å². The van der Waals surface area contributed by atoms with Crippen LogP contribution in [0.25, 0.3) is 0 Å². The molecule has 1 amide bonds. The van der Waals surface area contributed by atoms with Gasteiger partial charge in [-0.1, -0.05) is 0 Å². The minimum Gasteiger partial charge on any atom is -0.396 e. The number of aliphatic hydroxyl groups is 1. The molecule has 1 radical (unpaired) electrons. The zero-order valence-electron chi connectivity index (χ0n) is 6.26. The summed E-state index contributed by atoms with van der Waals surface area (Å²) >= 11 is 0. The molecular weight excluding hydrogens is 130 g/mol. The Morgan fingerprint density at radius 3 is 2.90 bits per heavy atom. The molecule has 2 N–H and O–H groups in total. The number of carbonyl (C=O) groups is 1. The Bertz CT molecular complexity index is 93.6. The highest BCUT2D eigenvalue weighted by molar-refractivity contribution is 5.72. The van der Waals surface area contributed by atoms with Gasteiger partial charge in [0.05, 0.1) is 0 Å². The Hall–Kier alpha value is -0.570. The Labute approximate surface area is 61.4 Å². The summed E-state index contributed by atoms with van der Waals surface area (Å²) in [6.07, 6.45) is 3.54. The minimum atomic E-state index is 0.00370. The summed E-state index contributed by atoms with van der Waals surface area (Å²) in [7, 11) is 0. The molecule has 3 nitrogen and oxygen atoms in total. The summed E-state index contributed by atoms with van der Waals surface area (Å²) in [5.41, 5.74) is 0. The summed E-state index contributed by atoms with van der Waals surface area (Å²) in [5.74, 6) is 0.00370. The van der Waals surface area contributed by atoms with Gasteiger partial charge in [0.1, 0.15) is 0 Å². The molecule has 0 saturated carbocycles. The molecule has 0 aromatic rings. The second-order valence-corrected chi connectivity index (χ2v) is 2.10. The molecule has 0 unspecified atom stereocenters. The lowest BCUT2D eigenvalue weighted by molar-refractivity contribution is -0.118. The third kappa shape index (κ3) is 7.43. The Balaban J connectivity index is 2.84. The quantitative estimate of drug-likeness (QED) is 0.538. The molecule has 0 heterocycles. The van der Waals surface area contributed by atoms with Crippen molar-refractivity contribution in [1.29, 1.82) is 0 Å². The van der Waals surface area contributed by atoms with Gasteiger partial charge in [0.2, 0.25) is 5.91 Å². The van der Waals surface area contributed by atoms with Gasteiger partial charge in [-0.25, -0.2) is 0 Å². The number of carbonyl (C=O) groups excluding carboxylic acids is 1. The molecule has 0 aliphatic heterocycles. The fraction of sp³-hybridized carbons (Fsp3) is 0.714. The van der Waals surface area contributed by atoms with E-state index in [4.69, 9.17) is 5.11 Å². The van der Waals surface area contributed by atoms with Gasteiger partial charge in [-0.2, -0.15) is 0 Å². The van der Waals surface area contributed by atoms with Crippen LogP contribution in [0.5, 0.6) is 0 Å². The molecule has 0 aromatic heterocycles. The van der Waals surface area contributed by atoms with Crippen LogP contribution in [0.4, 0.5) is 0 Å². The number of hydrogen-bond acceptors (Lipinski definition) is 2. The smallest absolute Gasteiger partial charge is 0.216 e. The van der Waals surface area contributed by atoms with Crippen LogP contribution >= 0.6 is 0 Å². The van der Waals surface area contributed by atoms with E-state index in [2.05, 4.69) is 5.32 Å². The van der Waals surface area contributed by atoms with Crippen LogP contribution in [0.15, 0.2) is 0 Å². The number of hydrogen-bond donors (Lipinski definition) is 2. The van der Waals surface area contributed by atoms with Crippen molar-refractivity contribution in [2.75, 3.05) is 13.2 Å². The zero-order valence-corrected chi connectivity index (χ0v) is 6.26. The van der Waals surface area contributed by atoms with E-state index in [9.17, 15) is 4.79 Å². The Kier molecular flexibility index (Phi) is 6.18. The number of rotatable bonds is 5. The first kappa shape index (κ1) is 9.43. The molecule has 0 aliphatic carbocycles. The largest absolute Gasteiger partial charge is 0.396 e. The lowest BCUT2D eigenvalue weighted by atomic mass is 10.2. The van der Waals surface area contributed by atoms with Gasteiger partial charge in [-0.15, -0.1) is 0 Å². The van der Waals surface area contributed by atoms with E-state index < -0.39 is 0 Å². The van der Waals surface area contributed by atoms with Crippen molar-refractivity contribution in [2.45, 2.75) is 19.8 Å². The van der Waals surface area contributed by atoms with Crippen LogP contribution in [-0.2, 0) is 4.79 Å². The van der Waals surface area contributed by atoms with Crippen molar-refractivity contribution in [2.24, 2.45) is 0 Å². The van der Waals surface area contributed by atoms with E-state index in [0.717, 1.165) is 12.8 Å². The Morgan fingerprint density at radius 1 is 1.70 bits per heavy atom. The number of nitrogens with one attached hydrogen (secondary N) is 1. The van der Waals surface area contributed by atoms with E-state index in [1.807, 2.05) is 0 Å². The van der Waals surface area contributed by atoms with Gasteiger partial charge < -0.3 is 10.4 Å². The van der Waals surface area contributed by atoms with Gasteiger partial charge in [0, 0.05) is 20.1 Å². The second-order valence-electron chi connectivity index (χ2n) is 2.10. The van der Waals surface area contributed by atoms with Crippen molar-refractivity contribution < 1.29 is 9.90 Å². The molecule has 0 bridgehead atoms. The first-order valence-electron chi connectivity index (χ1n) is 3.44. The van der Waals surface area contributed by atoms with Crippen LogP contribution in [0, 0.1) is 6.42 Å². The first-order chi connectivity index (χ1) is 4.77. The summed E-state index contributed by atoms with van der Waals surface area (Å²) < 4.78 is 0. The fourth-order valence-corrected chi connectivity index (χ4v) is 0.602. The highest BCUT2D eigenvalue weighted by atomic mass is 16.2. The number of amides is 1. The van der Waals surface area contributed by atoms with Crippen LogP contribution in [0.1, 0.15) is 19.8 Å². The molecule has 10 heavy (non-hydrogen) atoms. The third-order valence-corrected chi connectivity index (χ3v) is 1.09. The molecule has 0 rings (SSSR count). The van der Waals surface area contributed by atoms with Crippen molar-refractivity contribution >= 4 is 5.91 Å². The monoisotopic (exact) mass is 144 g/mol. The van der Waals surface area contributed by atoms with Crippen LogP contribution in [0.2, 0.25) is 0 Å². The maximum Gasteiger partial charge on any atom is 0.216 e. The van der Waals surface area contributed by atoms with E-state index in [0.29, 0.717) is 6.54 Å². The van der Waals surface area contributed by atoms with E-state index in [1.54, 1.807) is 6.42 Å². The molecule has 0 aliphatic rings. The average molecular weight is 144 g/mol. The zero-order chi connectivity index (χ0) is 7.82. The molecule has 0 aromatic carbocycles. The number of aliphatic hydroxyl groups excluding tert-OH is 1.